The van der Waals surface area contributed by atoms with Crippen LogP contribution in [0, 0.1) is 17.8 Å². The standard InChI is InChI=1S/C16H26N2O3/c1-10-8-13(14(9-10)16(20)21)15(19)17-11-4-6-18(7-5-11)12-2-3-12/h10-14H,2-9H2,1H3,(H,17,19)(H,20,21)/t10?,13-,14+/m0/s1. The molecule has 1 unspecified atom stereocenters. The maximum Gasteiger partial charge on any atom is 0.307 e. The highest BCUT2D eigenvalue weighted by molar-refractivity contribution is 5.85. The van der Waals surface area contributed by atoms with Crippen LogP contribution in [0.1, 0.15) is 45.4 Å². The Labute approximate surface area is 126 Å². The molecular formula is C16H26N2O3. The van der Waals surface area contributed by atoms with Gasteiger partial charge in [-0.15, -0.1) is 0 Å². The van der Waals surface area contributed by atoms with Crippen LogP contribution in [0.25, 0.3) is 0 Å². The van der Waals surface area contributed by atoms with Crippen molar-refractivity contribution in [2.45, 2.75) is 57.5 Å². The number of carboxylic acid groups (broad SMARTS) is 1. The summed E-state index contributed by atoms with van der Waals surface area (Å²) >= 11 is 0. The van der Waals surface area contributed by atoms with Crippen molar-refractivity contribution >= 4 is 11.9 Å². The van der Waals surface area contributed by atoms with Crippen molar-refractivity contribution in [1.29, 1.82) is 0 Å². The van der Waals surface area contributed by atoms with E-state index in [1.165, 1.54) is 12.8 Å². The highest BCUT2D eigenvalue weighted by Crippen LogP contribution is 2.37. The number of amides is 1. The second-order valence-electron chi connectivity index (χ2n) is 7.18. The number of nitrogens with one attached hydrogen (secondary N) is 1. The molecule has 0 radical (unpaired) electrons. The van der Waals surface area contributed by atoms with Gasteiger partial charge in [0.1, 0.15) is 0 Å². The minimum atomic E-state index is -0.817. The summed E-state index contributed by atoms with van der Waals surface area (Å²) in [5.41, 5.74) is 0. The molecule has 1 aliphatic heterocycles. The van der Waals surface area contributed by atoms with Crippen LogP contribution in [-0.2, 0) is 9.59 Å². The van der Waals surface area contributed by atoms with E-state index in [2.05, 4.69) is 10.2 Å². The summed E-state index contributed by atoms with van der Waals surface area (Å²) in [6, 6.07) is 1.03. The number of hydrogen-bond donors (Lipinski definition) is 2. The van der Waals surface area contributed by atoms with Crippen LogP contribution in [0.4, 0.5) is 0 Å². The number of nitrogens with zero attached hydrogens (tertiary/aromatic N) is 1. The van der Waals surface area contributed by atoms with Gasteiger partial charge in [-0.2, -0.15) is 0 Å². The first-order chi connectivity index (χ1) is 10.0. The molecule has 0 aromatic rings. The molecule has 3 fully saturated rings. The minimum absolute atomic E-state index is 0.0309. The van der Waals surface area contributed by atoms with Crippen LogP contribution in [-0.4, -0.2) is 47.1 Å². The summed E-state index contributed by atoms with van der Waals surface area (Å²) in [4.78, 5) is 26.2. The molecule has 0 aromatic heterocycles. The molecule has 0 spiro atoms. The largest absolute Gasteiger partial charge is 0.481 e. The Bertz CT molecular complexity index is 414. The first kappa shape index (κ1) is 14.8. The van der Waals surface area contributed by atoms with Gasteiger partial charge in [-0.1, -0.05) is 6.92 Å². The van der Waals surface area contributed by atoms with E-state index in [0.717, 1.165) is 32.0 Å². The molecule has 2 saturated carbocycles. The van der Waals surface area contributed by atoms with Crippen LogP contribution in [0.3, 0.4) is 0 Å². The lowest BCUT2D eigenvalue weighted by molar-refractivity contribution is -0.146. The van der Waals surface area contributed by atoms with Crippen molar-refractivity contribution in [3.63, 3.8) is 0 Å². The monoisotopic (exact) mass is 294 g/mol. The quantitative estimate of drug-likeness (QED) is 0.824. The number of carbonyl (C=O) groups excluding carboxylic acids is 1. The first-order valence-corrected chi connectivity index (χ1v) is 8.32. The summed E-state index contributed by atoms with van der Waals surface area (Å²) in [6.45, 7) is 4.18. The smallest absolute Gasteiger partial charge is 0.307 e. The Morgan fingerprint density at radius 3 is 2.24 bits per heavy atom. The molecule has 118 valence electrons. The van der Waals surface area contributed by atoms with Gasteiger partial charge in [0.15, 0.2) is 0 Å². The molecule has 3 rings (SSSR count). The summed E-state index contributed by atoms with van der Waals surface area (Å²) in [6.07, 6.45) is 6.01. The average molecular weight is 294 g/mol. The Hall–Kier alpha value is -1.10. The third-order valence-corrected chi connectivity index (χ3v) is 5.39. The second kappa shape index (κ2) is 5.95. The maximum absolute atomic E-state index is 12.4. The molecule has 1 saturated heterocycles. The first-order valence-electron chi connectivity index (χ1n) is 8.32. The van der Waals surface area contributed by atoms with Gasteiger partial charge in [0.25, 0.3) is 0 Å². The van der Waals surface area contributed by atoms with Crippen LogP contribution in [0.5, 0.6) is 0 Å². The van der Waals surface area contributed by atoms with Crippen molar-refractivity contribution in [3.05, 3.63) is 0 Å². The van der Waals surface area contributed by atoms with Crippen LogP contribution >= 0.6 is 0 Å². The van der Waals surface area contributed by atoms with Crippen molar-refractivity contribution in [2.24, 2.45) is 17.8 Å². The molecule has 2 N–H and O–H groups in total. The van der Waals surface area contributed by atoms with E-state index in [1.54, 1.807) is 0 Å². The SMILES string of the molecule is CC1C[C@H](C(=O)NC2CCN(C3CC3)CC2)[C@H](C(=O)O)C1. The van der Waals surface area contributed by atoms with Gasteiger partial charge in [-0.25, -0.2) is 0 Å². The van der Waals surface area contributed by atoms with E-state index in [1.807, 2.05) is 6.92 Å². The van der Waals surface area contributed by atoms with E-state index in [9.17, 15) is 14.7 Å². The number of aliphatic carboxylic acids is 1. The molecule has 21 heavy (non-hydrogen) atoms. The van der Waals surface area contributed by atoms with Crippen molar-refractivity contribution in [1.82, 2.24) is 10.2 Å². The van der Waals surface area contributed by atoms with Crippen molar-refractivity contribution in [2.75, 3.05) is 13.1 Å². The third-order valence-electron chi connectivity index (χ3n) is 5.39. The van der Waals surface area contributed by atoms with Crippen molar-refractivity contribution in [3.8, 4) is 0 Å². The zero-order valence-electron chi connectivity index (χ0n) is 12.8. The second-order valence-corrected chi connectivity index (χ2v) is 7.18. The Morgan fingerprint density at radius 1 is 1.05 bits per heavy atom. The molecule has 5 nitrogen and oxygen atoms in total. The summed E-state index contributed by atoms with van der Waals surface area (Å²) in [5.74, 6) is -1.34. The molecule has 1 heterocycles. The normalized spacial score (nSPS) is 34.8. The number of piperidine rings is 1. The van der Waals surface area contributed by atoms with Crippen molar-refractivity contribution < 1.29 is 14.7 Å². The molecule has 0 aromatic carbocycles. The number of likely N-dealkylation sites (tertiary alicyclic amines) is 1. The fraction of sp³-hybridized carbons (Fsp3) is 0.875. The Morgan fingerprint density at radius 2 is 1.67 bits per heavy atom. The number of carboxylic acids is 1. The van der Waals surface area contributed by atoms with E-state index in [4.69, 9.17) is 0 Å². The number of carbonyl (C=O) groups is 2. The molecule has 2 aliphatic carbocycles. The highest BCUT2D eigenvalue weighted by atomic mass is 16.4. The molecule has 0 bridgehead atoms. The van der Waals surface area contributed by atoms with Gasteiger partial charge in [-0.3, -0.25) is 9.59 Å². The van der Waals surface area contributed by atoms with Gasteiger partial charge in [0.05, 0.1) is 11.8 Å². The lowest BCUT2D eigenvalue weighted by Gasteiger charge is -2.33. The highest BCUT2D eigenvalue weighted by Gasteiger charge is 2.42. The van der Waals surface area contributed by atoms with E-state index < -0.39 is 11.9 Å². The van der Waals surface area contributed by atoms with Gasteiger partial charge in [-0.05, 0) is 44.4 Å². The van der Waals surface area contributed by atoms with Gasteiger partial charge in [0, 0.05) is 25.2 Å². The Balaban J connectivity index is 1.50. The predicted octanol–water partition coefficient (Wildman–Crippen LogP) is 1.48. The third kappa shape index (κ3) is 3.39. The van der Waals surface area contributed by atoms with Gasteiger partial charge in [0.2, 0.25) is 5.91 Å². The van der Waals surface area contributed by atoms with E-state index in [-0.39, 0.29) is 17.9 Å². The minimum Gasteiger partial charge on any atom is -0.481 e. The topological polar surface area (TPSA) is 69.6 Å². The van der Waals surface area contributed by atoms with E-state index in [0.29, 0.717) is 18.8 Å². The van der Waals surface area contributed by atoms with Gasteiger partial charge >= 0.3 is 5.97 Å². The molecule has 1 amide bonds. The summed E-state index contributed by atoms with van der Waals surface area (Å²) in [5, 5.41) is 12.4. The van der Waals surface area contributed by atoms with Crippen LogP contribution in [0.2, 0.25) is 0 Å². The molecular weight excluding hydrogens is 268 g/mol. The predicted molar refractivity (Wildman–Crippen MR) is 78.8 cm³/mol. The zero-order valence-corrected chi connectivity index (χ0v) is 12.8. The van der Waals surface area contributed by atoms with Gasteiger partial charge < -0.3 is 15.3 Å². The number of rotatable bonds is 4. The van der Waals surface area contributed by atoms with E-state index >= 15 is 0 Å². The van der Waals surface area contributed by atoms with Crippen LogP contribution in [0.15, 0.2) is 0 Å². The number of hydrogen-bond acceptors (Lipinski definition) is 3. The molecule has 5 heteroatoms. The summed E-state index contributed by atoms with van der Waals surface area (Å²) < 4.78 is 0. The zero-order chi connectivity index (χ0) is 15.0. The summed E-state index contributed by atoms with van der Waals surface area (Å²) in [7, 11) is 0. The van der Waals surface area contributed by atoms with Crippen LogP contribution < -0.4 is 5.32 Å². The molecule has 3 aliphatic rings. The fourth-order valence-corrected chi connectivity index (χ4v) is 4.01. The Kier molecular flexibility index (Phi) is 4.20. The lowest BCUT2D eigenvalue weighted by Crippen LogP contribution is -2.47. The molecule has 3 atom stereocenters. The fourth-order valence-electron chi connectivity index (χ4n) is 4.01. The maximum atomic E-state index is 12.4. The average Bonchev–Trinajstić information content (AvgIpc) is 3.21. The lowest BCUT2D eigenvalue weighted by atomic mass is 9.94.